The van der Waals surface area contributed by atoms with Gasteiger partial charge in [0, 0.05) is 24.8 Å². The molecule has 5 nitrogen and oxygen atoms in total. The molecule has 0 unspecified atom stereocenters. The van der Waals surface area contributed by atoms with E-state index in [2.05, 4.69) is 32.6 Å². The topological polar surface area (TPSA) is 63.8 Å². The quantitative estimate of drug-likeness (QED) is 0.781. The molecule has 21 heavy (non-hydrogen) atoms. The summed E-state index contributed by atoms with van der Waals surface area (Å²) in [5.41, 5.74) is 5.36. The van der Waals surface area contributed by atoms with Gasteiger partial charge in [0.05, 0.1) is 0 Å². The molecular formula is C16H14N4O. The van der Waals surface area contributed by atoms with E-state index in [0.717, 1.165) is 29.9 Å². The first kappa shape index (κ1) is 12.2. The van der Waals surface area contributed by atoms with Gasteiger partial charge in [-0.15, -0.1) is 0 Å². The Kier molecular flexibility index (Phi) is 2.79. The van der Waals surface area contributed by atoms with Crippen molar-refractivity contribution in [2.45, 2.75) is 20.0 Å². The predicted octanol–water partition coefficient (Wildman–Crippen LogP) is 2.71. The number of rotatable bonds is 2. The Morgan fingerprint density at radius 3 is 2.95 bits per heavy atom. The summed E-state index contributed by atoms with van der Waals surface area (Å²) in [6, 6.07) is 10.1. The molecule has 0 saturated carbocycles. The molecule has 0 atom stereocenters. The lowest BCUT2D eigenvalue weighted by Gasteiger charge is -1.99. The standard InChI is InChI=1S/C16H14N4O/c1-10-3-2-6-18-14(10)15-19-16(21-20-15)11-4-5-12-8-17-9-13(12)7-11/h2-7,17H,8-9H2,1H3. The van der Waals surface area contributed by atoms with Crippen LogP contribution in [0.2, 0.25) is 0 Å². The van der Waals surface area contributed by atoms with E-state index < -0.39 is 0 Å². The molecule has 0 radical (unpaired) electrons. The molecule has 3 heterocycles. The fraction of sp³-hybridized carbons (Fsp3) is 0.188. The normalized spacial score (nSPS) is 13.4. The third-order valence-electron chi connectivity index (χ3n) is 3.73. The summed E-state index contributed by atoms with van der Waals surface area (Å²) in [5.74, 6) is 1.06. The third-order valence-corrected chi connectivity index (χ3v) is 3.73. The summed E-state index contributed by atoms with van der Waals surface area (Å²) in [6.07, 6.45) is 1.74. The van der Waals surface area contributed by atoms with Crippen molar-refractivity contribution in [2.75, 3.05) is 0 Å². The van der Waals surface area contributed by atoms with Crippen molar-refractivity contribution < 1.29 is 4.52 Å². The van der Waals surface area contributed by atoms with Gasteiger partial charge in [-0.3, -0.25) is 4.98 Å². The summed E-state index contributed by atoms with van der Waals surface area (Å²) in [5, 5.41) is 7.38. The number of fused-ring (bicyclic) bond motifs is 1. The van der Waals surface area contributed by atoms with Crippen LogP contribution in [0.15, 0.2) is 41.1 Å². The van der Waals surface area contributed by atoms with Crippen molar-refractivity contribution in [1.82, 2.24) is 20.4 Å². The van der Waals surface area contributed by atoms with Gasteiger partial charge in [0.25, 0.3) is 5.89 Å². The van der Waals surface area contributed by atoms with Crippen molar-refractivity contribution in [3.8, 4) is 23.0 Å². The van der Waals surface area contributed by atoms with Crippen LogP contribution in [0.4, 0.5) is 0 Å². The van der Waals surface area contributed by atoms with Crippen LogP contribution < -0.4 is 5.32 Å². The number of nitrogens with zero attached hydrogens (tertiary/aromatic N) is 3. The average Bonchev–Trinajstić information content (AvgIpc) is 3.16. The van der Waals surface area contributed by atoms with Crippen LogP contribution in [0.25, 0.3) is 23.0 Å². The lowest BCUT2D eigenvalue weighted by atomic mass is 10.1. The highest BCUT2D eigenvalue weighted by atomic mass is 16.5. The van der Waals surface area contributed by atoms with Crippen molar-refractivity contribution in [3.63, 3.8) is 0 Å². The Bertz CT molecular complexity index is 810. The monoisotopic (exact) mass is 278 g/mol. The van der Waals surface area contributed by atoms with Gasteiger partial charge >= 0.3 is 0 Å². The Morgan fingerprint density at radius 1 is 1.14 bits per heavy atom. The van der Waals surface area contributed by atoms with Gasteiger partial charge in [-0.25, -0.2) is 0 Å². The minimum atomic E-state index is 0.529. The molecule has 1 aliphatic rings. The molecule has 4 rings (SSSR count). The average molecular weight is 278 g/mol. The largest absolute Gasteiger partial charge is 0.334 e. The van der Waals surface area contributed by atoms with Gasteiger partial charge in [0.15, 0.2) is 0 Å². The molecule has 0 amide bonds. The van der Waals surface area contributed by atoms with Crippen LogP contribution in [-0.4, -0.2) is 15.1 Å². The van der Waals surface area contributed by atoms with Gasteiger partial charge in [-0.1, -0.05) is 17.3 Å². The van der Waals surface area contributed by atoms with Crippen LogP contribution in [-0.2, 0) is 13.1 Å². The molecule has 0 saturated heterocycles. The van der Waals surface area contributed by atoms with E-state index in [4.69, 9.17) is 4.52 Å². The van der Waals surface area contributed by atoms with E-state index >= 15 is 0 Å². The number of benzene rings is 1. The van der Waals surface area contributed by atoms with Gasteiger partial charge in [0.1, 0.15) is 5.69 Å². The van der Waals surface area contributed by atoms with Gasteiger partial charge in [0.2, 0.25) is 5.82 Å². The third kappa shape index (κ3) is 2.11. The first-order chi connectivity index (χ1) is 10.3. The first-order valence-electron chi connectivity index (χ1n) is 6.90. The second kappa shape index (κ2) is 4.79. The Balaban J connectivity index is 1.73. The second-order valence-corrected chi connectivity index (χ2v) is 5.18. The lowest BCUT2D eigenvalue weighted by molar-refractivity contribution is 0.432. The minimum absolute atomic E-state index is 0.529. The second-order valence-electron chi connectivity index (χ2n) is 5.18. The smallest absolute Gasteiger partial charge is 0.258 e. The molecule has 1 N–H and O–H groups in total. The fourth-order valence-electron chi connectivity index (χ4n) is 2.58. The predicted molar refractivity (Wildman–Crippen MR) is 78.2 cm³/mol. The molecule has 1 aliphatic heterocycles. The number of nitrogens with one attached hydrogen (secondary N) is 1. The van der Waals surface area contributed by atoms with Crippen LogP contribution in [0, 0.1) is 6.92 Å². The summed E-state index contributed by atoms with van der Waals surface area (Å²) in [4.78, 5) is 8.79. The van der Waals surface area contributed by atoms with Gasteiger partial charge in [-0.2, -0.15) is 4.98 Å². The zero-order valence-electron chi connectivity index (χ0n) is 11.6. The van der Waals surface area contributed by atoms with E-state index in [1.165, 1.54) is 11.1 Å². The fourth-order valence-corrected chi connectivity index (χ4v) is 2.58. The van der Waals surface area contributed by atoms with E-state index in [1.54, 1.807) is 6.20 Å². The zero-order valence-corrected chi connectivity index (χ0v) is 11.6. The molecule has 1 aromatic carbocycles. The SMILES string of the molecule is Cc1cccnc1-c1noc(-c2ccc3c(c2)CNC3)n1. The van der Waals surface area contributed by atoms with E-state index in [1.807, 2.05) is 25.1 Å². The first-order valence-corrected chi connectivity index (χ1v) is 6.90. The molecular weight excluding hydrogens is 264 g/mol. The highest BCUT2D eigenvalue weighted by Crippen LogP contribution is 2.26. The van der Waals surface area contributed by atoms with E-state index in [0.29, 0.717) is 11.7 Å². The number of pyridine rings is 1. The summed E-state index contributed by atoms with van der Waals surface area (Å²) < 4.78 is 5.40. The number of aromatic nitrogens is 3. The van der Waals surface area contributed by atoms with Crippen LogP contribution in [0.3, 0.4) is 0 Å². The Hall–Kier alpha value is -2.53. The molecule has 0 fully saturated rings. The Morgan fingerprint density at radius 2 is 2.05 bits per heavy atom. The van der Waals surface area contributed by atoms with E-state index in [9.17, 15) is 0 Å². The maximum Gasteiger partial charge on any atom is 0.258 e. The van der Waals surface area contributed by atoms with Crippen molar-refractivity contribution >= 4 is 0 Å². The molecule has 3 aromatic rings. The number of hydrogen-bond donors (Lipinski definition) is 1. The molecule has 5 heteroatoms. The summed E-state index contributed by atoms with van der Waals surface area (Å²) >= 11 is 0. The lowest BCUT2D eigenvalue weighted by Crippen LogP contribution is -1.99. The van der Waals surface area contributed by atoms with E-state index in [-0.39, 0.29) is 0 Å². The van der Waals surface area contributed by atoms with Gasteiger partial charge in [-0.05, 0) is 41.8 Å². The molecule has 0 spiro atoms. The summed E-state index contributed by atoms with van der Waals surface area (Å²) in [6.45, 7) is 3.81. The Labute approximate surface area is 122 Å². The van der Waals surface area contributed by atoms with Crippen LogP contribution in [0.5, 0.6) is 0 Å². The molecule has 0 bridgehead atoms. The molecule has 0 aliphatic carbocycles. The maximum atomic E-state index is 5.40. The number of hydrogen-bond acceptors (Lipinski definition) is 5. The minimum Gasteiger partial charge on any atom is -0.334 e. The molecule has 2 aromatic heterocycles. The highest BCUT2D eigenvalue weighted by molar-refractivity contribution is 5.60. The maximum absolute atomic E-state index is 5.40. The van der Waals surface area contributed by atoms with Crippen molar-refractivity contribution in [3.05, 3.63) is 53.2 Å². The summed E-state index contributed by atoms with van der Waals surface area (Å²) in [7, 11) is 0. The zero-order chi connectivity index (χ0) is 14.2. The molecule has 104 valence electrons. The highest BCUT2D eigenvalue weighted by Gasteiger charge is 2.16. The van der Waals surface area contributed by atoms with Crippen LogP contribution in [0.1, 0.15) is 16.7 Å². The van der Waals surface area contributed by atoms with Gasteiger partial charge < -0.3 is 9.84 Å². The van der Waals surface area contributed by atoms with Crippen molar-refractivity contribution in [1.29, 1.82) is 0 Å². The van der Waals surface area contributed by atoms with Crippen LogP contribution >= 0.6 is 0 Å². The van der Waals surface area contributed by atoms with Crippen molar-refractivity contribution in [2.24, 2.45) is 0 Å². The number of aryl methyl sites for hydroxylation is 1.